The van der Waals surface area contributed by atoms with Gasteiger partial charge in [0.25, 0.3) is 5.56 Å². The van der Waals surface area contributed by atoms with Gasteiger partial charge in [0, 0.05) is 15.1 Å². The average Bonchev–Trinajstić information content (AvgIpc) is 2.86. The van der Waals surface area contributed by atoms with E-state index in [1.165, 1.54) is 9.75 Å². The van der Waals surface area contributed by atoms with Gasteiger partial charge < -0.3 is 10.3 Å². The van der Waals surface area contributed by atoms with Gasteiger partial charge in [-0.15, -0.1) is 11.3 Å². The van der Waals surface area contributed by atoms with Crippen LogP contribution in [-0.2, 0) is 0 Å². The number of anilines is 1. The van der Waals surface area contributed by atoms with Crippen LogP contribution in [0.5, 0.6) is 0 Å². The summed E-state index contributed by atoms with van der Waals surface area (Å²) in [7, 11) is 0. The molecule has 0 aliphatic carbocycles. The second-order valence-corrected chi connectivity index (χ2v) is 6.23. The van der Waals surface area contributed by atoms with E-state index in [1.807, 2.05) is 30.3 Å². The monoisotopic (exact) mass is 284 g/mol. The zero-order valence-corrected chi connectivity index (χ0v) is 12.3. The van der Waals surface area contributed by atoms with E-state index < -0.39 is 0 Å². The Labute approximate surface area is 121 Å². The van der Waals surface area contributed by atoms with Crippen molar-refractivity contribution in [3.8, 4) is 0 Å². The minimum atomic E-state index is -0.0554. The molecule has 102 valence electrons. The van der Waals surface area contributed by atoms with Crippen molar-refractivity contribution in [3.05, 3.63) is 62.6 Å². The summed E-state index contributed by atoms with van der Waals surface area (Å²) >= 11 is 1.77. The predicted octanol–water partition coefficient (Wildman–Crippen LogP) is 4.07. The fourth-order valence-electron chi connectivity index (χ4n) is 2.28. The molecule has 20 heavy (non-hydrogen) atoms. The summed E-state index contributed by atoms with van der Waals surface area (Å²) in [6, 6.07) is 14.0. The Morgan fingerprint density at radius 3 is 2.75 bits per heavy atom. The highest BCUT2D eigenvalue weighted by molar-refractivity contribution is 7.12. The van der Waals surface area contributed by atoms with E-state index in [0.29, 0.717) is 0 Å². The number of aromatic nitrogens is 1. The summed E-state index contributed by atoms with van der Waals surface area (Å²) in [5.74, 6) is 0.757. The van der Waals surface area contributed by atoms with Crippen molar-refractivity contribution >= 4 is 27.9 Å². The normalized spacial score (nSPS) is 12.5. The van der Waals surface area contributed by atoms with Crippen LogP contribution in [0.15, 0.2) is 47.3 Å². The molecule has 0 fully saturated rings. The predicted molar refractivity (Wildman–Crippen MR) is 85.7 cm³/mol. The average molecular weight is 284 g/mol. The minimum absolute atomic E-state index is 0.0554. The van der Waals surface area contributed by atoms with E-state index in [9.17, 15) is 4.79 Å². The second kappa shape index (κ2) is 5.13. The van der Waals surface area contributed by atoms with Gasteiger partial charge in [-0.1, -0.05) is 18.2 Å². The van der Waals surface area contributed by atoms with Gasteiger partial charge in [0.1, 0.15) is 5.82 Å². The molecule has 0 aliphatic rings. The third-order valence-electron chi connectivity index (χ3n) is 3.31. The number of H-pyrrole nitrogens is 1. The number of hydrogen-bond donors (Lipinski definition) is 2. The maximum atomic E-state index is 12.0. The van der Waals surface area contributed by atoms with Gasteiger partial charge in [-0.05, 0) is 43.5 Å². The van der Waals surface area contributed by atoms with Gasteiger partial charge in [-0.2, -0.15) is 0 Å². The Morgan fingerprint density at radius 1 is 1.20 bits per heavy atom. The van der Waals surface area contributed by atoms with Gasteiger partial charge in [0.15, 0.2) is 0 Å². The van der Waals surface area contributed by atoms with Crippen molar-refractivity contribution in [2.45, 2.75) is 19.9 Å². The summed E-state index contributed by atoms with van der Waals surface area (Å²) < 4.78 is 0. The van der Waals surface area contributed by atoms with Crippen LogP contribution in [0, 0.1) is 6.92 Å². The molecule has 2 N–H and O–H groups in total. The molecule has 1 atom stereocenters. The van der Waals surface area contributed by atoms with Crippen molar-refractivity contribution in [1.29, 1.82) is 0 Å². The van der Waals surface area contributed by atoms with Crippen molar-refractivity contribution in [1.82, 2.24) is 4.98 Å². The molecule has 0 saturated carbocycles. The van der Waals surface area contributed by atoms with Gasteiger partial charge in [0.05, 0.1) is 6.04 Å². The smallest absolute Gasteiger partial charge is 0.257 e. The highest BCUT2D eigenvalue weighted by atomic mass is 32.1. The third kappa shape index (κ3) is 2.47. The molecule has 3 nitrogen and oxygen atoms in total. The zero-order chi connectivity index (χ0) is 14.1. The molecule has 2 aromatic heterocycles. The molecule has 3 aromatic rings. The first kappa shape index (κ1) is 12.9. The lowest BCUT2D eigenvalue weighted by atomic mass is 10.1. The van der Waals surface area contributed by atoms with E-state index in [-0.39, 0.29) is 11.6 Å². The van der Waals surface area contributed by atoms with Gasteiger partial charge in [0.2, 0.25) is 0 Å². The summed E-state index contributed by atoms with van der Waals surface area (Å²) in [5, 5.41) is 5.03. The first-order valence-electron chi connectivity index (χ1n) is 6.58. The van der Waals surface area contributed by atoms with Crippen molar-refractivity contribution in [3.63, 3.8) is 0 Å². The topological polar surface area (TPSA) is 44.9 Å². The first-order valence-corrected chi connectivity index (χ1v) is 7.40. The minimum Gasteiger partial charge on any atom is -0.364 e. The van der Waals surface area contributed by atoms with Crippen molar-refractivity contribution < 1.29 is 0 Å². The van der Waals surface area contributed by atoms with Crippen LogP contribution >= 0.6 is 11.3 Å². The van der Waals surface area contributed by atoms with Crippen LogP contribution < -0.4 is 10.9 Å². The molecular formula is C16H16N2OS. The number of thiophene rings is 1. The Balaban J connectivity index is 1.93. The standard InChI is InChI=1S/C16H16N2OS/c1-10-7-8-14(20-10)11(2)17-15-9-12-5-3-4-6-13(12)16(19)18-15/h3-9,11H,1-2H3,(H2,17,18,19). The molecule has 2 heterocycles. The molecule has 4 heteroatoms. The molecule has 1 unspecified atom stereocenters. The molecule has 0 saturated heterocycles. The van der Waals surface area contributed by atoms with Crippen molar-refractivity contribution in [2.75, 3.05) is 5.32 Å². The van der Waals surface area contributed by atoms with Crippen LogP contribution in [0.25, 0.3) is 10.8 Å². The molecule has 0 amide bonds. The highest BCUT2D eigenvalue weighted by Crippen LogP contribution is 2.25. The van der Waals surface area contributed by atoms with Gasteiger partial charge in [-0.3, -0.25) is 4.79 Å². The lowest BCUT2D eigenvalue weighted by molar-refractivity contribution is 0.895. The maximum absolute atomic E-state index is 12.0. The first-order chi connectivity index (χ1) is 9.63. The molecule has 1 aromatic carbocycles. The molecule has 0 aliphatic heterocycles. The van der Waals surface area contributed by atoms with Gasteiger partial charge >= 0.3 is 0 Å². The van der Waals surface area contributed by atoms with Crippen LogP contribution in [0.4, 0.5) is 5.82 Å². The maximum Gasteiger partial charge on any atom is 0.257 e. The zero-order valence-electron chi connectivity index (χ0n) is 11.4. The van der Waals surface area contributed by atoms with E-state index in [1.54, 1.807) is 11.3 Å². The Bertz CT molecular complexity index is 803. The second-order valence-electron chi connectivity index (χ2n) is 4.91. The Kier molecular flexibility index (Phi) is 3.32. The molecule has 0 spiro atoms. The number of nitrogens with one attached hydrogen (secondary N) is 2. The summed E-state index contributed by atoms with van der Waals surface area (Å²) in [6.45, 7) is 4.19. The molecule has 0 radical (unpaired) electrons. The van der Waals surface area contributed by atoms with E-state index in [0.717, 1.165) is 16.6 Å². The number of fused-ring (bicyclic) bond motifs is 1. The molecular weight excluding hydrogens is 268 g/mol. The quantitative estimate of drug-likeness (QED) is 0.761. The SMILES string of the molecule is Cc1ccc(C(C)Nc2cc3ccccc3c(=O)[nH]2)s1. The fraction of sp³-hybridized carbons (Fsp3) is 0.188. The Hall–Kier alpha value is -2.07. The van der Waals surface area contributed by atoms with Crippen LogP contribution in [0.3, 0.4) is 0 Å². The largest absolute Gasteiger partial charge is 0.364 e. The number of benzene rings is 1. The lowest BCUT2D eigenvalue weighted by Crippen LogP contribution is -2.13. The lowest BCUT2D eigenvalue weighted by Gasteiger charge is -2.13. The number of rotatable bonds is 3. The number of aromatic amines is 1. The molecule has 3 rings (SSSR count). The number of hydrogen-bond acceptors (Lipinski definition) is 3. The van der Waals surface area contributed by atoms with Crippen LogP contribution in [-0.4, -0.2) is 4.98 Å². The van der Waals surface area contributed by atoms with Gasteiger partial charge in [-0.25, -0.2) is 0 Å². The fourth-order valence-corrected chi connectivity index (χ4v) is 3.16. The highest BCUT2D eigenvalue weighted by Gasteiger charge is 2.09. The summed E-state index contributed by atoms with van der Waals surface area (Å²) in [5.41, 5.74) is -0.0554. The number of aryl methyl sites for hydroxylation is 1. The van der Waals surface area contributed by atoms with E-state index in [2.05, 4.69) is 36.3 Å². The van der Waals surface area contributed by atoms with Crippen molar-refractivity contribution in [2.24, 2.45) is 0 Å². The van der Waals surface area contributed by atoms with E-state index in [4.69, 9.17) is 0 Å². The van der Waals surface area contributed by atoms with Crippen LogP contribution in [0.1, 0.15) is 22.7 Å². The van der Waals surface area contributed by atoms with Crippen LogP contribution in [0.2, 0.25) is 0 Å². The van der Waals surface area contributed by atoms with E-state index >= 15 is 0 Å². The number of pyridine rings is 1. The summed E-state index contributed by atoms with van der Waals surface area (Å²) in [4.78, 5) is 17.5. The summed E-state index contributed by atoms with van der Waals surface area (Å²) in [6.07, 6.45) is 0. The molecule has 0 bridgehead atoms. The Morgan fingerprint density at radius 2 is 2.00 bits per heavy atom. The third-order valence-corrected chi connectivity index (χ3v) is 4.50.